The van der Waals surface area contributed by atoms with Gasteiger partial charge in [-0.3, -0.25) is 0 Å². The first-order chi connectivity index (χ1) is 13.5. The van der Waals surface area contributed by atoms with E-state index in [9.17, 15) is 8.78 Å². The van der Waals surface area contributed by atoms with Crippen LogP contribution in [0.5, 0.6) is 17.2 Å². The number of hydrogen-bond donors (Lipinski definition) is 1. The van der Waals surface area contributed by atoms with Crippen molar-refractivity contribution >= 4 is 11.8 Å². The van der Waals surface area contributed by atoms with Gasteiger partial charge in [0.2, 0.25) is 10.9 Å². The summed E-state index contributed by atoms with van der Waals surface area (Å²) < 4.78 is 44.8. The van der Waals surface area contributed by atoms with Crippen LogP contribution in [-0.2, 0) is 5.75 Å². The molecule has 0 aliphatic carbocycles. The van der Waals surface area contributed by atoms with E-state index in [0.717, 1.165) is 11.8 Å². The molecule has 1 aromatic heterocycles. The summed E-state index contributed by atoms with van der Waals surface area (Å²) in [6.07, 6.45) is 0. The summed E-state index contributed by atoms with van der Waals surface area (Å²) >= 11 is 1.07. The van der Waals surface area contributed by atoms with Crippen LogP contribution in [-0.4, -0.2) is 36.2 Å². The molecule has 0 fully saturated rings. The number of thioether (sulfide) groups is 1. The molecule has 2 N–H and O–H groups in total. The van der Waals surface area contributed by atoms with E-state index in [4.69, 9.17) is 20.1 Å². The molecule has 0 bridgehead atoms. The number of rotatable bonds is 7. The number of aromatic nitrogens is 3. The van der Waals surface area contributed by atoms with Crippen molar-refractivity contribution in [2.45, 2.75) is 10.9 Å². The lowest BCUT2D eigenvalue weighted by molar-refractivity contribution is 0.324. The number of nitrogens with zero attached hydrogens (tertiary/aromatic N) is 3. The predicted octanol–water partition coefficient (Wildman–Crippen LogP) is 3.26. The third kappa shape index (κ3) is 3.68. The van der Waals surface area contributed by atoms with Gasteiger partial charge >= 0.3 is 0 Å². The fourth-order valence-electron chi connectivity index (χ4n) is 2.59. The number of benzene rings is 2. The maximum absolute atomic E-state index is 13.8. The molecule has 0 amide bonds. The molecular formula is C18H18F2N4O3S. The minimum atomic E-state index is -0.625. The zero-order valence-corrected chi connectivity index (χ0v) is 16.2. The quantitative estimate of drug-likeness (QED) is 0.474. The van der Waals surface area contributed by atoms with E-state index in [1.54, 1.807) is 12.1 Å². The van der Waals surface area contributed by atoms with Crippen LogP contribution in [0.2, 0.25) is 0 Å². The second-order valence-corrected chi connectivity index (χ2v) is 6.52. The summed E-state index contributed by atoms with van der Waals surface area (Å²) in [6, 6.07) is 7.08. The number of nitrogens with two attached hydrogens (primary N) is 1. The number of halogens is 2. The van der Waals surface area contributed by atoms with E-state index < -0.39 is 11.6 Å². The smallest absolute Gasteiger partial charge is 0.210 e. The molecule has 0 spiro atoms. The lowest BCUT2D eigenvalue weighted by Gasteiger charge is -2.13. The minimum Gasteiger partial charge on any atom is -0.493 e. The molecule has 148 valence electrons. The Bertz CT molecular complexity index is 952. The summed E-state index contributed by atoms with van der Waals surface area (Å²) in [5.74, 6) is 6.49. The van der Waals surface area contributed by atoms with Crippen LogP contribution in [0.15, 0.2) is 35.5 Å². The Morgan fingerprint density at radius 1 is 1.00 bits per heavy atom. The number of hydrogen-bond acceptors (Lipinski definition) is 7. The maximum atomic E-state index is 13.8. The molecule has 2 aromatic carbocycles. The number of ether oxygens (including phenoxy) is 3. The van der Waals surface area contributed by atoms with Crippen LogP contribution < -0.4 is 20.1 Å². The van der Waals surface area contributed by atoms with Crippen LogP contribution in [0.25, 0.3) is 11.4 Å². The molecule has 0 aliphatic heterocycles. The molecule has 0 radical (unpaired) electrons. The zero-order chi connectivity index (χ0) is 20.3. The summed E-state index contributed by atoms with van der Waals surface area (Å²) in [7, 11) is 4.50. The van der Waals surface area contributed by atoms with E-state index in [-0.39, 0.29) is 11.3 Å². The Kier molecular flexibility index (Phi) is 5.88. The van der Waals surface area contributed by atoms with Crippen LogP contribution in [0.4, 0.5) is 8.78 Å². The molecule has 0 atom stereocenters. The maximum Gasteiger partial charge on any atom is 0.210 e. The van der Waals surface area contributed by atoms with Crippen molar-refractivity contribution in [3.63, 3.8) is 0 Å². The first kappa shape index (κ1) is 19.7. The van der Waals surface area contributed by atoms with Crippen LogP contribution in [0.3, 0.4) is 0 Å². The number of nitrogen functional groups attached to an aromatic ring is 1. The average Bonchev–Trinajstić information content (AvgIpc) is 3.06. The average molecular weight is 408 g/mol. The lowest BCUT2D eigenvalue weighted by atomic mass is 10.1. The van der Waals surface area contributed by atoms with Gasteiger partial charge in [0.15, 0.2) is 17.3 Å². The van der Waals surface area contributed by atoms with Crippen LogP contribution in [0.1, 0.15) is 5.56 Å². The van der Waals surface area contributed by atoms with Crippen molar-refractivity contribution in [1.29, 1.82) is 0 Å². The van der Waals surface area contributed by atoms with Gasteiger partial charge in [-0.25, -0.2) is 13.5 Å². The highest BCUT2D eigenvalue weighted by atomic mass is 32.2. The molecule has 0 unspecified atom stereocenters. The molecule has 10 heteroatoms. The molecule has 7 nitrogen and oxygen atoms in total. The van der Waals surface area contributed by atoms with E-state index in [0.29, 0.717) is 33.8 Å². The summed E-state index contributed by atoms with van der Waals surface area (Å²) in [6.45, 7) is 0. The topological polar surface area (TPSA) is 84.4 Å². The SMILES string of the molecule is COc1cc(-c2nnc(SCc3c(F)cccc3F)n2N)cc(OC)c1OC. The second kappa shape index (κ2) is 8.34. The summed E-state index contributed by atoms with van der Waals surface area (Å²) in [4.78, 5) is 0. The lowest BCUT2D eigenvalue weighted by Crippen LogP contribution is -2.12. The molecule has 0 saturated carbocycles. The fourth-order valence-corrected chi connectivity index (χ4v) is 3.46. The van der Waals surface area contributed by atoms with E-state index in [2.05, 4.69) is 10.2 Å². The third-order valence-electron chi connectivity index (χ3n) is 3.99. The first-order valence-corrected chi connectivity index (χ1v) is 9.05. The summed E-state index contributed by atoms with van der Waals surface area (Å²) in [5.41, 5.74) is 0.526. The van der Waals surface area contributed by atoms with Gasteiger partial charge in [0.25, 0.3) is 0 Å². The van der Waals surface area contributed by atoms with E-state index >= 15 is 0 Å². The fraction of sp³-hybridized carbons (Fsp3) is 0.222. The van der Waals surface area contributed by atoms with Gasteiger partial charge in [-0.2, -0.15) is 0 Å². The Morgan fingerprint density at radius 3 is 2.14 bits per heavy atom. The number of methoxy groups -OCH3 is 3. The standard InChI is InChI=1S/C18H18F2N4O3S/c1-25-14-7-10(8-15(26-2)16(14)27-3)17-22-23-18(24(17)21)28-9-11-12(19)5-4-6-13(11)20/h4-8H,9,21H2,1-3H3. The van der Waals surface area contributed by atoms with Gasteiger partial charge in [0, 0.05) is 16.9 Å². The van der Waals surface area contributed by atoms with Crippen molar-refractivity contribution in [2.24, 2.45) is 0 Å². The van der Waals surface area contributed by atoms with Gasteiger partial charge in [-0.05, 0) is 24.3 Å². The predicted molar refractivity (Wildman–Crippen MR) is 101 cm³/mol. The Balaban J connectivity index is 1.91. The monoisotopic (exact) mass is 408 g/mol. The van der Waals surface area contributed by atoms with Crippen molar-refractivity contribution in [2.75, 3.05) is 27.2 Å². The van der Waals surface area contributed by atoms with Gasteiger partial charge in [-0.1, -0.05) is 17.8 Å². The van der Waals surface area contributed by atoms with Gasteiger partial charge < -0.3 is 20.1 Å². The Morgan fingerprint density at radius 2 is 1.61 bits per heavy atom. The van der Waals surface area contributed by atoms with Crippen molar-refractivity contribution in [3.05, 3.63) is 47.5 Å². The van der Waals surface area contributed by atoms with Gasteiger partial charge in [-0.15, -0.1) is 10.2 Å². The third-order valence-corrected chi connectivity index (χ3v) is 4.96. The normalized spacial score (nSPS) is 10.8. The Hall–Kier alpha value is -3.01. The molecular weight excluding hydrogens is 390 g/mol. The minimum absolute atomic E-state index is 0.0170. The highest BCUT2D eigenvalue weighted by molar-refractivity contribution is 7.98. The molecule has 3 rings (SSSR count). The Labute approximate surface area is 164 Å². The van der Waals surface area contributed by atoms with Gasteiger partial charge in [0.1, 0.15) is 11.6 Å². The van der Waals surface area contributed by atoms with Crippen molar-refractivity contribution < 1.29 is 23.0 Å². The molecule has 3 aromatic rings. The first-order valence-electron chi connectivity index (χ1n) is 8.06. The van der Waals surface area contributed by atoms with E-state index in [1.807, 2.05) is 0 Å². The van der Waals surface area contributed by atoms with Crippen LogP contribution >= 0.6 is 11.8 Å². The van der Waals surface area contributed by atoms with E-state index in [1.165, 1.54) is 44.2 Å². The van der Waals surface area contributed by atoms with Crippen molar-refractivity contribution in [3.8, 4) is 28.6 Å². The largest absolute Gasteiger partial charge is 0.493 e. The zero-order valence-electron chi connectivity index (χ0n) is 15.4. The molecule has 0 saturated heterocycles. The highest BCUT2D eigenvalue weighted by Gasteiger charge is 2.19. The van der Waals surface area contributed by atoms with Crippen molar-refractivity contribution in [1.82, 2.24) is 14.9 Å². The molecule has 1 heterocycles. The van der Waals surface area contributed by atoms with Crippen LogP contribution in [0, 0.1) is 11.6 Å². The highest BCUT2D eigenvalue weighted by Crippen LogP contribution is 2.41. The van der Waals surface area contributed by atoms with Gasteiger partial charge in [0.05, 0.1) is 21.3 Å². The molecule has 28 heavy (non-hydrogen) atoms. The second-order valence-electron chi connectivity index (χ2n) is 5.58. The summed E-state index contributed by atoms with van der Waals surface area (Å²) in [5, 5.41) is 8.39. The molecule has 0 aliphatic rings.